The number of benzene rings is 1. The van der Waals surface area contributed by atoms with Crippen molar-refractivity contribution in [3.8, 4) is 0 Å². The molecule has 1 aliphatic heterocycles. The van der Waals surface area contributed by atoms with Gasteiger partial charge < -0.3 is 9.64 Å². The summed E-state index contributed by atoms with van der Waals surface area (Å²) in [6, 6.07) is 8.32. The minimum Gasteiger partial charge on any atom is -0.450 e. The topological polar surface area (TPSA) is 29.5 Å². The van der Waals surface area contributed by atoms with E-state index in [2.05, 4.69) is 28.1 Å². The lowest BCUT2D eigenvalue weighted by atomic mass is 9.96. The van der Waals surface area contributed by atoms with Gasteiger partial charge in [-0.25, -0.2) is 4.79 Å². The summed E-state index contributed by atoms with van der Waals surface area (Å²) in [7, 11) is 0. The van der Waals surface area contributed by atoms with Crippen LogP contribution in [-0.4, -0.2) is 24.1 Å². The Labute approximate surface area is 116 Å². The Morgan fingerprint density at radius 3 is 3.06 bits per heavy atom. The Balaban J connectivity index is 2.20. The van der Waals surface area contributed by atoms with Gasteiger partial charge in [0, 0.05) is 11.0 Å². The van der Waals surface area contributed by atoms with Crippen LogP contribution in [0, 0.1) is 0 Å². The van der Waals surface area contributed by atoms with Crippen molar-refractivity contribution in [1.82, 2.24) is 4.90 Å². The number of rotatable bonds is 2. The van der Waals surface area contributed by atoms with E-state index in [1.165, 1.54) is 5.56 Å². The average molecular weight is 312 g/mol. The molecule has 1 aliphatic rings. The predicted molar refractivity (Wildman–Crippen MR) is 74.5 cm³/mol. The Morgan fingerprint density at radius 2 is 2.33 bits per heavy atom. The Morgan fingerprint density at radius 1 is 1.50 bits per heavy atom. The first-order valence-corrected chi connectivity index (χ1v) is 7.20. The highest BCUT2D eigenvalue weighted by molar-refractivity contribution is 9.10. The largest absolute Gasteiger partial charge is 0.450 e. The van der Waals surface area contributed by atoms with E-state index in [9.17, 15) is 4.79 Å². The number of piperidine rings is 1. The second-order valence-corrected chi connectivity index (χ2v) is 5.37. The van der Waals surface area contributed by atoms with Crippen molar-refractivity contribution >= 4 is 22.0 Å². The molecule has 1 atom stereocenters. The Hall–Kier alpha value is -1.03. The number of hydrogen-bond donors (Lipinski definition) is 0. The van der Waals surface area contributed by atoms with Gasteiger partial charge in [-0.05, 0) is 43.9 Å². The maximum Gasteiger partial charge on any atom is 0.410 e. The van der Waals surface area contributed by atoms with Crippen molar-refractivity contribution in [3.05, 3.63) is 34.3 Å². The number of carbonyl (C=O) groups excluding carboxylic acids is 1. The minimum atomic E-state index is -0.192. The lowest BCUT2D eigenvalue weighted by Gasteiger charge is -2.35. The summed E-state index contributed by atoms with van der Waals surface area (Å²) in [5.41, 5.74) is 1.18. The van der Waals surface area contributed by atoms with Crippen LogP contribution in [0.25, 0.3) is 0 Å². The van der Waals surface area contributed by atoms with Crippen LogP contribution in [0.4, 0.5) is 4.79 Å². The number of amides is 1. The molecule has 1 fully saturated rings. The highest BCUT2D eigenvalue weighted by Gasteiger charge is 2.28. The molecular weight excluding hydrogens is 294 g/mol. The van der Waals surface area contributed by atoms with Gasteiger partial charge in [-0.1, -0.05) is 28.1 Å². The summed E-state index contributed by atoms with van der Waals surface area (Å²) in [5.74, 6) is 0. The van der Waals surface area contributed by atoms with Crippen LogP contribution < -0.4 is 0 Å². The Kier molecular flexibility index (Phi) is 4.64. The van der Waals surface area contributed by atoms with Gasteiger partial charge in [0.15, 0.2) is 0 Å². The highest BCUT2D eigenvalue weighted by Crippen LogP contribution is 2.32. The zero-order valence-corrected chi connectivity index (χ0v) is 12.1. The van der Waals surface area contributed by atoms with Gasteiger partial charge >= 0.3 is 6.09 Å². The summed E-state index contributed by atoms with van der Waals surface area (Å²) >= 11 is 3.48. The number of ether oxygens (including phenoxy) is 1. The van der Waals surface area contributed by atoms with Crippen LogP contribution in [0.3, 0.4) is 0 Å². The molecule has 0 aromatic heterocycles. The molecule has 1 amide bonds. The van der Waals surface area contributed by atoms with Crippen LogP contribution >= 0.6 is 15.9 Å². The third-order valence-corrected chi connectivity index (χ3v) is 3.73. The smallest absolute Gasteiger partial charge is 0.410 e. The van der Waals surface area contributed by atoms with Crippen molar-refractivity contribution in [3.63, 3.8) is 0 Å². The summed E-state index contributed by atoms with van der Waals surface area (Å²) in [5, 5.41) is 0. The molecule has 0 aliphatic carbocycles. The van der Waals surface area contributed by atoms with Crippen LogP contribution in [0.2, 0.25) is 0 Å². The van der Waals surface area contributed by atoms with E-state index in [1.807, 2.05) is 24.0 Å². The zero-order chi connectivity index (χ0) is 13.0. The van der Waals surface area contributed by atoms with Gasteiger partial charge in [0.2, 0.25) is 0 Å². The molecule has 0 radical (unpaired) electrons. The van der Waals surface area contributed by atoms with E-state index in [4.69, 9.17) is 4.74 Å². The average Bonchev–Trinajstić information content (AvgIpc) is 2.39. The molecule has 0 bridgehead atoms. The lowest BCUT2D eigenvalue weighted by molar-refractivity contribution is 0.0766. The third-order valence-electron chi connectivity index (χ3n) is 3.24. The first kappa shape index (κ1) is 13.4. The molecule has 0 saturated carbocycles. The highest BCUT2D eigenvalue weighted by atomic mass is 79.9. The van der Waals surface area contributed by atoms with Crippen molar-refractivity contribution < 1.29 is 9.53 Å². The number of carbonyl (C=O) groups is 1. The predicted octanol–water partition coefficient (Wildman–Crippen LogP) is 4.13. The van der Waals surface area contributed by atoms with E-state index in [0.29, 0.717) is 6.61 Å². The van der Waals surface area contributed by atoms with Gasteiger partial charge in [-0.2, -0.15) is 0 Å². The van der Waals surface area contributed by atoms with Gasteiger partial charge in [0.25, 0.3) is 0 Å². The van der Waals surface area contributed by atoms with Crippen LogP contribution in [-0.2, 0) is 4.74 Å². The molecule has 3 nitrogen and oxygen atoms in total. The van der Waals surface area contributed by atoms with Gasteiger partial charge in [-0.3, -0.25) is 0 Å². The first-order chi connectivity index (χ1) is 8.72. The van der Waals surface area contributed by atoms with Crippen molar-refractivity contribution in [2.45, 2.75) is 32.2 Å². The van der Waals surface area contributed by atoms with E-state index < -0.39 is 0 Å². The summed E-state index contributed by atoms with van der Waals surface area (Å²) < 4.78 is 6.19. The van der Waals surface area contributed by atoms with Gasteiger partial charge in [0.05, 0.1) is 12.6 Å². The number of hydrogen-bond acceptors (Lipinski definition) is 2. The fourth-order valence-corrected chi connectivity index (χ4v) is 2.83. The van der Waals surface area contributed by atoms with E-state index in [0.717, 1.165) is 30.3 Å². The van der Waals surface area contributed by atoms with Gasteiger partial charge in [-0.15, -0.1) is 0 Å². The molecule has 0 spiro atoms. The molecule has 2 rings (SSSR count). The maximum absolute atomic E-state index is 12.0. The van der Waals surface area contributed by atoms with Crippen LogP contribution in [0.5, 0.6) is 0 Å². The number of halogens is 1. The molecule has 0 N–H and O–H groups in total. The standard InChI is InChI=1S/C14H18BrNO2/c1-2-18-14(17)16-9-4-3-8-13(16)11-6-5-7-12(15)10-11/h5-7,10,13H,2-4,8-9H2,1H3. The zero-order valence-electron chi connectivity index (χ0n) is 10.6. The molecule has 1 aromatic rings. The second kappa shape index (κ2) is 6.23. The molecular formula is C14H18BrNO2. The minimum absolute atomic E-state index is 0.148. The number of likely N-dealkylation sites (tertiary alicyclic amines) is 1. The lowest BCUT2D eigenvalue weighted by Crippen LogP contribution is -2.38. The maximum atomic E-state index is 12.0. The first-order valence-electron chi connectivity index (χ1n) is 6.41. The van der Waals surface area contributed by atoms with Crippen LogP contribution in [0.1, 0.15) is 37.8 Å². The SMILES string of the molecule is CCOC(=O)N1CCCCC1c1cccc(Br)c1. The fourth-order valence-electron chi connectivity index (χ4n) is 2.42. The molecule has 1 heterocycles. The third kappa shape index (κ3) is 3.05. The molecule has 1 saturated heterocycles. The molecule has 1 unspecified atom stereocenters. The fraction of sp³-hybridized carbons (Fsp3) is 0.500. The molecule has 4 heteroatoms. The summed E-state index contributed by atoms with van der Waals surface area (Å²) in [4.78, 5) is 13.8. The molecule has 18 heavy (non-hydrogen) atoms. The monoisotopic (exact) mass is 311 g/mol. The van der Waals surface area contributed by atoms with E-state index in [1.54, 1.807) is 0 Å². The van der Waals surface area contributed by atoms with Crippen molar-refractivity contribution in [2.75, 3.05) is 13.2 Å². The second-order valence-electron chi connectivity index (χ2n) is 4.46. The van der Waals surface area contributed by atoms with E-state index >= 15 is 0 Å². The molecule has 98 valence electrons. The van der Waals surface area contributed by atoms with E-state index in [-0.39, 0.29) is 12.1 Å². The summed E-state index contributed by atoms with van der Waals surface area (Å²) in [6.45, 7) is 3.06. The van der Waals surface area contributed by atoms with Crippen molar-refractivity contribution in [1.29, 1.82) is 0 Å². The number of nitrogens with zero attached hydrogens (tertiary/aromatic N) is 1. The normalized spacial score (nSPS) is 19.7. The van der Waals surface area contributed by atoms with Crippen molar-refractivity contribution in [2.24, 2.45) is 0 Å². The molecule has 1 aromatic carbocycles. The summed E-state index contributed by atoms with van der Waals surface area (Å²) in [6.07, 6.45) is 3.04. The Bertz CT molecular complexity index is 422. The van der Waals surface area contributed by atoms with Gasteiger partial charge in [0.1, 0.15) is 0 Å². The quantitative estimate of drug-likeness (QED) is 0.821. The van der Waals surface area contributed by atoms with Crippen LogP contribution in [0.15, 0.2) is 28.7 Å².